The topological polar surface area (TPSA) is 41.6 Å². The third kappa shape index (κ3) is 3.09. The number of nitrogens with zero attached hydrogens (tertiary/aromatic N) is 1. The van der Waals surface area contributed by atoms with Gasteiger partial charge < -0.3 is 15.0 Å². The van der Waals surface area contributed by atoms with E-state index in [0.29, 0.717) is 17.7 Å². The van der Waals surface area contributed by atoms with E-state index in [0.717, 1.165) is 19.6 Å². The number of ketones is 1. The van der Waals surface area contributed by atoms with Crippen LogP contribution in [0, 0.1) is 0 Å². The van der Waals surface area contributed by atoms with Crippen molar-refractivity contribution in [1.82, 2.24) is 10.2 Å². The van der Waals surface area contributed by atoms with E-state index in [1.165, 1.54) is 0 Å². The van der Waals surface area contributed by atoms with Gasteiger partial charge in [-0.05, 0) is 19.2 Å². The Morgan fingerprint density at radius 3 is 3.00 bits per heavy atom. The van der Waals surface area contributed by atoms with E-state index in [1.807, 2.05) is 24.3 Å². The quantitative estimate of drug-likeness (QED) is 0.812. The molecule has 18 heavy (non-hydrogen) atoms. The average Bonchev–Trinajstić information content (AvgIpc) is 2.38. The predicted octanol–water partition coefficient (Wildman–Crippen LogP) is 1.17. The second-order valence-corrected chi connectivity index (χ2v) is 4.74. The first-order chi connectivity index (χ1) is 8.70. The number of methoxy groups -OCH3 is 1. The van der Waals surface area contributed by atoms with Crippen molar-refractivity contribution in [2.24, 2.45) is 0 Å². The molecule has 1 aliphatic rings. The maximum atomic E-state index is 12.3. The Bertz CT molecular complexity index is 420. The van der Waals surface area contributed by atoms with Crippen molar-refractivity contribution >= 4 is 5.78 Å². The molecule has 0 spiro atoms. The van der Waals surface area contributed by atoms with Crippen LogP contribution in [0.15, 0.2) is 24.3 Å². The molecule has 1 fully saturated rings. The van der Waals surface area contributed by atoms with E-state index in [2.05, 4.69) is 17.3 Å². The molecule has 1 atom stereocenters. The van der Waals surface area contributed by atoms with Gasteiger partial charge >= 0.3 is 0 Å². The number of piperazine rings is 1. The molecule has 98 valence electrons. The van der Waals surface area contributed by atoms with Crippen LogP contribution in [0.3, 0.4) is 0 Å². The van der Waals surface area contributed by atoms with Crippen LogP contribution >= 0.6 is 0 Å². The predicted molar refractivity (Wildman–Crippen MR) is 71.2 cm³/mol. The molecule has 0 aromatic heterocycles. The molecule has 4 heteroatoms. The molecule has 0 bridgehead atoms. The summed E-state index contributed by atoms with van der Waals surface area (Å²) in [6, 6.07) is 7.64. The van der Waals surface area contributed by atoms with E-state index in [-0.39, 0.29) is 11.8 Å². The molecule has 4 nitrogen and oxygen atoms in total. The summed E-state index contributed by atoms with van der Waals surface area (Å²) in [5.41, 5.74) is 0.676. The Balaban J connectivity index is 2.03. The number of carbonyl (C=O) groups excluding carboxylic acids is 1. The second kappa shape index (κ2) is 5.98. The highest BCUT2D eigenvalue weighted by Crippen LogP contribution is 2.20. The van der Waals surface area contributed by atoms with Crippen molar-refractivity contribution in [3.05, 3.63) is 29.8 Å². The van der Waals surface area contributed by atoms with Gasteiger partial charge in [-0.15, -0.1) is 0 Å². The van der Waals surface area contributed by atoms with Gasteiger partial charge in [0.15, 0.2) is 5.78 Å². The molecule has 0 amide bonds. The first kappa shape index (κ1) is 13.1. The van der Waals surface area contributed by atoms with Gasteiger partial charge in [-0.1, -0.05) is 12.1 Å². The smallest absolute Gasteiger partial charge is 0.168 e. The summed E-state index contributed by atoms with van der Waals surface area (Å²) in [6.45, 7) is 2.90. The number of carbonyl (C=O) groups is 1. The highest BCUT2D eigenvalue weighted by molar-refractivity contribution is 5.99. The largest absolute Gasteiger partial charge is 0.496 e. The van der Waals surface area contributed by atoms with Crippen molar-refractivity contribution in [3.63, 3.8) is 0 Å². The summed E-state index contributed by atoms with van der Waals surface area (Å²) >= 11 is 0. The molecule has 1 N–H and O–H groups in total. The Labute approximate surface area is 108 Å². The van der Waals surface area contributed by atoms with E-state index in [1.54, 1.807) is 7.11 Å². The number of para-hydroxylation sites is 1. The summed E-state index contributed by atoms with van der Waals surface area (Å²) in [7, 11) is 3.68. The monoisotopic (exact) mass is 248 g/mol. The third-order valence-corrected chi connectivity index (χ3v) is 3.30. The van der Waals surface area contributed by atoms with Gasteiger partial charge in [0.1, 0.15) is 5.75 Å². The standard InChI is InChI=1S/C14H20N2O2/c1-16-8-7-15-11(10-16)9-13(17)12-5-3-4-6-14(12)18-2/h3-6,11,15H,7-10H2,1-2H3. The van der Waals surface area contributed by atoms with Crippen LogP contribution in [0.25, 0.3) is 0 Å². The van der Waals surface area contributed by atoms with Crippen LogP contribution in [0.5, 0.6) is 5.75 Å². The van der Waals surface area contributed by atoms with E-state index >= 15 is 0 Å². The normalized spacial score (nSPS) is 20.7. The number of likely N-dealkylation sites (N-methyl/N-ethyl adjacent to an activating group) is 1. The zero-order chi connectivity index (χ0) is 13.0. The van der Waals surface area contributed by atoms with Gasteiger partial charge in [0.25, 0.3) is 0 Å². The minimum absolute atomic E-state index is 0.139. The summed E-state index contributed by atoms with van der Waals surface area (Å²) in [6.07, 6.45) is 0.519. The molecule has 2 rings (SSSR count). The Morgan fingerprint density at radius 2 is 2.28 bits per heavy atom. The molecule has 0 radical (unpaired) electrons. The molecule has 1 aliphatic heterocycles. The van der Waals surface area contributed by atoms with E-state index in [9.17, 15) is 4.79 Å². The molecule has 0 saturated carbocycles. The van der Waals surface area contributed by atoms with Crippen molar-refractivity contribution in [1.29, 1.82) is 0 Å². The first-order valence-electron chi connectivity index (χ1n) is 6.29. The maximum Gasteiger partial charge on any atom is 0.168 e. The fraction of sp³-hybridized carbons (Fsp3) is 0.500. The van der Waals surface area contributed by atoms with Crippen LogP contribution in [-0.2, 0) is 0 Å². The summed E-state index contributed by atoms with van der Waals surface area (Å²) in [5, 5.41) is 3.38. The lowest BCUT2D eigenvalue weighted by Crippen LogP contribution is -2.49. The van der Waals surface area contributed by atoms with Crippen LogP contribution in [0.2, 0.25) is 0 Å². The molecule has 1 aromatic carbocycles. The SMILES string of the molecule is COc1ccccc1C(=O)CC1CN(C)CCN1. The molecular weight excluding hydrogens is 228 g/mol. The van der Waals surface area contributed by atoms with Crippen molar-refractivity contribution in [2.75, 3.05) is 33.8 Å². The lowest BCUT2D eigenvalue weighted by molar-refractivity contribution is 0.0949. The number of rotatable bonds is 4. The minimum Gasteiger partial charge on any atom is -0.496 e. The lowest BCUT2D eigenvalue weighted by atomic mass is 10.0. The molecule has 0 aliphatic carbocycles. The highest BCUT2D eigenvalue weighted by atomic mass is 16.5. The zero-order valence-corrected chi connectivity index (χ0v) is 11.0. The minimum atomic E-state index is 0.139. The van der Waals surface area contributed by atoms with E-state index in [4.69, 9.17) is 4.74 Å². The highest BCUT2D eigenvalue weighted by Gasteiger charge is 2.21. The molecule has 1 unspecified atom stereocenters. The van der Waals surface area contributed by atoms with Gasteiger partial charge in [0.2, 0.25) is 0 Å². The Morgan fingerprint density at radius 1 is 1.50 bits per heavy atom. The number of ether oxygens (including phenoxy) is 1. The second-order valence-electron chi connectivity index (χ2n) is 4.74. The van der Waals surface area contributed by atoms with Gasteiger partial charge in [0.05, 0.1) is 12.7 Å². The van der Waals surface area contributed by atoms with Gasteiger partial charge in [-0.3, -0.25) is 4.79 Å². The van der Waals surface area contributed by atoms with Gasteiger partial charge in [0, 0.05) is 32.1 Å². The number of benzene rings is 1. The van der Waals surface area contributed by atoms with Crippen LogP contribution in [0.1, 0.15) is 16.8 Å². The lowest BCUT2D eigenvalue weighted by Gasteiger charge is -2.30. The first-order valence-corrected chi connectivity index (χ1v) is 6.29. The average molecular weight is 248 g/mol. The van der Waals surface area contributed by atoms with Gasteiger partial charge in [-0.2, -0.15) is 0 Å². The molecule has 1 heterocycles. The summed E-state index contributed by atoms with van der Waals surface area (Å²) in [5.74, 6) is 0.798. The van der Waals surface area contributed by atoms with Crippen LogP contribution in [-0.4, -0.2) is 50.5 Å². The van der Waals surface area contributed by atoms with Gasteiger partial charge in [-0.25, -0.2) is 0 Å². The van der Waals surface area contributed by atoms with E-state index < -0.39 is 0 Å². The molecule has 1 aromatic rings. The fourth-order valence-corrected chi connectivity index (χ4v) is 2.34. The van der Waals surface area contributed by atoms with Crippen LogP contribution < -0.4 is 10.1 Å². The fourth-order valence-electron chi connectivity index (χ4n) is 2.34. The number of hydrogen-bond donors (Lipinski definition) is 1. The van der Waals surface area contributed by atoms with Crippen molar-refractivity contribution in [2.45, 2.75) is 12.5 Å². The van der Waals surface area contributed by atoms with Crippen molar-refractivity contribution in [3.8, 4) is 5.75 Å². The number of hydrogen-bond acceptors (Lipinski definition) is 4. The molecular formula is C14H20N2O2. The number of nitrogens with one attached hydrogen (secondary N) is 1. The number of Topliss-reactive ketones (excluding diaryl/α,β-unsaturated/α-hetero) is 1. The van der Waals surface area contributed by atoms with Crippen LogP contribution in [0.4, 0.5) is 0 Å². The zero-order valence-electron chi connectivity index (χ0n) is 11.0. The molecule has 1 saturated heterocycles. The third-order valence-electron chi connectivity index (χ3n) is 3.30. The maximum absolute atomic E-state index is 12.3. The summed E-state index contributed by atoms with van der Waals surface area (Å²) in [4.78, 5) is 14.5. The van der Waals surface area contributed by atoms with Crippen molar-refractivity contribution < 1.29 is 9.53 Å². The Kier molecular flexibility index (Phi) is 4.33. The summed E-state index contributed by atoms with van der Waals surface area (Å²) < 4.78 is 5.23. The Hall–Kier alpha value is -1.39.